The number of carbonyl (C=O) groups excluding carboxylic acids is 1. The highest BCUT2D eigenvalue weighted by molar-refractivity contribution is 5.89. The molecule has 1 fully saturated rings. The predicted octanol–water partition coefficient (Wildman–Crippen LogP) is 2.51. The molecule has 128 valence electrons. The number of anilines is 1. The van der Waals surface area contributed by atoms with E-state index in [0.29, 0.717) is 19.6 Å². The smallest absolute Gasteiger partial charge is 0.317 e. The molecule has 6 heteroatoms. The standard InChI is InChI=1S/C18H25N5O/c1-18(2,3)12-19-17(24)23-10-8-22(9-11-23)16-14-6-4-5-7-15(14)20-13-21-16/h4-7,13H,8-12H2,1-3H3,(H,19,24). The summed E-state index contributed by atoms with van der Waals surface area (Å²) in [6.45, 7) is 10.0. The van der Waals surface area contributed by atoms with E-state index in [-0.39, 0.29) is 11.4 Å². The van der Waals surface area contributed by atoms with Crippen LogP contribution in [0.4, 0.5) is 10.6 Å². The Kier molecular flexibility index (Phi) is 4.55. The predicted molar refractivity (Wildman–Crippen MR) is 96.2 cm³/mol. The van der Waals surface area contributed by atoms with E-state index >= 15 is 0 Å². The second-order valence-corrected chi connectivity index (χ2v) is 7.41. The molecule has 6 nitrogen and oxygen atoms in total. The van der Waals surface area contributed by atoms with Gasteiger partial charge in [0.25, 0.3) is 0 Å². The summed E-state index contributed by atoms with van der Waals surface area (Å²) in [5.74, 6) is 0.954. The van der Waals surface area contributed by atoms with Crippen molar-refractivity contribution in [2.75, 3.05) is 37.6 Å². The average Bonchev–Trinajstić information content (AvgIpc) is 2.59. The van der Waals surface area contributed by atoms with Gasteiger partial charge in [0.2, 0.25) is 0 Å². The molecule has 2 aromatic rings. The molecule has 1 aromatic heterocycles. The van der Waals surface area contributed by atoms with Crippen molar-refractivity contribution < 1.29 is 4.79 Å². The van der Waals surface area contributed by atoms with Gasteiger partial charge in [-0.05, 0) is 17.5 Å². The Balaban J connectivity index is 1.63. The molecule has 0 atom stereocenters. The van der Waals surface area contributed by atoms with Gasteiger partial charge in [-0.1, -0.05) is 32.9 Å². The summed E-state index contributed by atoms with van der Waals surface area (Å²) >= 11 is 0. The third kappa shape index (κ3) is 3.75. The molecule has 2 amide bonds. The number of para-hydroxylation sites is 1. The van der Waals surface area contributed by atoms with Crippen LogP contribution >= 0.6 is 0 Å². The summed E-state index contributed by atoms with van der Waals surface area (Å²) in [6.07, 6.45) is 1.61. The quantitative estimate of drug-likeness (QED) is 0.921. The number of piperazine rings is 1. The SMILES string of the molecule is CC(C)(C)CNC(=O)N1CCN(c2ncnc3ccccc23)CC1. The molecular weight excluding hydrogens is 302 g/mol. The first kappa shape index (κ1) is 16.5. The molecule has 1 aromatic carbocycles. The van der Waals surface area contributed by atoms with Crippen molar-refractivity contribution in [2.45, 2.75) is 20.8 Å². The van der Waals surface area contributed by atoms with Crippen molar-refractivity contribution in [1.29, 1.82) is 0 Å². The highest BCUT2D eigenvalue weighted by atomic mass is 16.2. The van der Waals surface area contributed by atoms with Crippen molar-refractivity contribution in [2.24, 2.45) is 5.41 Å². The van der Waals surface area contributed by atoms with Crippen molar-refractivity contribution in [1.82, 2.24) is 20.2 Å². The number of carbonyl (C=O) groups is 1. The van der Waals surface area contributed by atoms with Crippen LogP contribution in [0.1, 0.15) is 20.8 Å². The van der Waals surface area contributed by atoms with E-state index in [1.54, 1.807) is 6.33 Å². The van der Waals surface area contributed by atoms with E-state index in [1.807, 2.05) is 29.2 Å². The minimum Gasteiger partial charge on any atom is -0.352 e. The van der Waals surface area contributed by atoms with E-state index in [2.05, 4.69) is 41.0 Å². The number of benzene rings is 1. The van der Waals surface area contributed by atoms with Crippen LogP contribution in [0, 0.1) is 5.41 Å². The number of fused-ring (bicyclic) bond motifs is 1. The number of nitrogens with one attached hydrogen (secondary N) is 1. The number of nitrogens with zero attached hydrogens (tertiary/aromatic N) is 4. The number of hydrogen-bond donors (Lipinski definition) is 1. The van der Waals surface area contributed by atoms with Gasteiger partial charge >= 0.3 is 6.03 Å². The van der Waals surface area contributed by atoms with Gasteiger partial charge in [0.05, 0.1) is 5.52 Å². The third-order valence-corrected chi connectivity index (χ3v) is 4.16. The lowest BCUT2D eigenvalue weighted by Gasteiger charge is -2.36. The van der Waals surface area contributed by atoms with E-state index < -0.39 is 0 Å². The van der Waals surface area contributed by atoms with Crippen LogP contribution in [0.15, 0.2) is 30.6 Å². The lowest BCUT2D eigenvalue weighted by molar-refractivity contribution is 0.189. The summed E-state index contributed by atoms with van der Waals surface area (Å²) in [5.41, 5.74) is 1.05. The molecule has 0 bridgehead atoms. The highest BCUT2D eigenvalue weighted by Crippen LogP contribution is 2.23. The van der Waals surface area contributed by atoms with Crippen molar-refractivity contribution in [3.63, 3.8) is 0 Å². The molecule has 2 heterocycles. The summed E-state index contributed by atoms with van der Waals surface area (Å²) < 4.78 is 0. The molecule has 0 saturated carbocycles. The van der Waals surface area contributed by atoms with Gasteiger partial charge < -0.3 is 15.1 Å². The van der Waals surface area contributed by atoms with Gasteiger partial charge in [-0.3, -0.25) is 0 Å². The largest absolute Gasteiger partial charge is 0.352 e. The number of amides is 2. The molecule has 1 N–H and O–H groups in total. The van der Waals surface area contributed by atoms with Crippen LogP contribution in [0.3, 0.4) is 0 Å². The van der Waals surface area contributed by atoms with Gasteiger partial charge in [0, 0.05) is 38.1 Å². The fraction of sp³-hybridized carbons (Fsp3) is 0.500. The summed E-state index contributed by atoms with van der Waals surface area (Å²) in [4.78, 5) is 25.2. The maximum Gasteiger partial charge on any atom is 0.317 e. The molecule has 1 aliphatic heterocycles. The van der Waals surface area contributed by atoms with Gasteiger partial charge in [0.15, 0.2) is 0 Å². The van der Waals surface area contributed by atoms with E-state index in [1.165, 1.54) is 0 Å². The molecule has 0 unspecified atom stereocenters. The van der Waals surface area contributed by atoms with Crippen LogP contribution in [-0.4, -0.2) is 53.6 Å². The summed E-state index contributed by atoms with van der Waals surface area (Å²) in [5, 5.41) is 4.08. The number of hydrogen-bond acceptors (Lipinski definition) is 4. The number of rotatable bonds is 2. The number of aromatic nitrogens is 2. The fourth-order valence-electron chi connectivity index (χ4n) is 2.82. The second kappa shape index (κ2) is 6.63. The zero-order chi connectivity index (χ0) is 17.2. The Morgan fingerprint density at radius 3 is 2.54 bits per heavy atom. The van der Waals surface area contributed by atoms with Crippen LogP contribution in [-0.2, 0) is 0 Å². The minimum atomic E-state index is 0.0251. The molecule has 24 heavy (non-hydrogen) atoms. The monoisotopic (exact) mass is 327 g/mol. The zero-order valence-electron chi connectivity index (χ0n) is 14.6. The van der Waals surface area contributed by atoms with Crippen LogP contribution in [0.5, 0.6) is 0 Å². The fourth-order valence-corrected chi connectivity index (χ4v) is 2.82. The Morgan fingerprint density at radius 2 is 1.83 bits per heavy atom. The maximum atomic E-state index is 12.3. The first-order valence-electron chi connectivity index (χ1n) is 8.41. The third-order valence-electron chi connectivity index (χ3n) is 4.16. The lowest BCUT2D eigenvalue weighted by Crippen LogP contribution is -2.53. The molecule has 0 radical (unpaired) electrons. The minimum absolute atomic E-state index is 0.0251. The Hall–Kier alpha value is -2.37. The molecule has 1 aliphatic rings. The summed E-state index contributed by atoms with van der Waals surface area (Å²) in [6, 6.07) is 8.06. The molecule has 3 rings (SSSR count). The molecule has 0 aliphatic carbocycles. The zero-order valence-corrected chi connectivity index (χ0v) is 14.6. The van der Waals surface area contributed by atoms with Crippen molar-refractivity contribution in [3.05, 3.63) is 30.6 Å². The normalized spacial score (nSPS) is 15.6. The maximum absolute atomic E-state index is 12.3. The Bertz CT molecular complexity index is 711. The van der Waals surface area contributed by atoms with Crippen molar-refractivity contribution >= 4 is 22.8 Å². The molecular formula is C18H25N5O. The molecule has 0 spiro atoms. The van der Waals surface area contributed by atoms with Crippen LogP contribution < -0.4 is 10.2 Å². The first-order chi connectivity index (χ1) is 11.4. The van der Waals surface area contributed by atoms with E-state index in [9.17, 15) is 4.79 Å². The Morgan fingerprint density at radius 1 is 1.12 bits per heavy atom. The van der Waals surface area contributed by atoms with E-state index in [4.69, 9.17) is 0 Å². The van der Waals surface area contributed by atoms with Gasteiger partial charge in [-0.25, -0.2) is 14.8 Å². The second-order valence-electron chi connectivity index (χ2n) is 7.41. The molecule has 1 saturated heterocycles. The first-order valence-corrected chi connectivity index (χ1v) is 8.41. The average molecular weight is 327 g/mol. The van der Waals surface area contributed by atoms with Crippen LogP contribution in [0.25, 0.3) is 10.9 Å². The lowest BCUT2D eigenvalue weighted by atomic mass is 9.97. The van der Waals surface area contributed by atoms with Crippen LogP contribution in [0.2, 0.25) is 0 Å². The van der Waals surface area contributed by atoms with E-state index in [0.717, 1.165) is 29.8 Å². The van der Waals surface area contributed by atoms with Crippen molar-refractivity contribution in [3.8, 4) is 0 Å². The number of urea groups is 1. The van der Waals surface area contributed by atoms with Gasteiger partial charge in [-0.15, -0.1) is 0 Å². The highest BCUT2D eigenvalue weighted by Gasteiger charge is 2.23. The van der Waals surface area contributed by atoms with Gasteiger partial charge in [-0.2, -0.15) is 0 Å². The summed E-state index contributed by atoms with van der Waals surface area (Å²) in [7, 11) is 0. The topological polar surface area (TPSA) is 61.4 Å². The van der Waals surface area contributed by atoms with Gasteiger partial charge in [0.1, 0.15) is 12.1 Å². The Labute approximate surface area is 142 Å².